The lowest BCUT2D eigenvalue weighted by atomic mass is 9.91. The van der Waals surface area contributed by atoms with Crippen molar-refractivity contribution in [3.63, 3.8) is 0 Å². The van der Waals surface area contributed by atoms with Crippen LogP contribution in [0.3, 0.4) is 0 Å². The Kier molecular flexibility index (Phi) is 4.44. The van der Waals surface area contributed by atoms with Gasteiger partial charge in [0.25, 0.3) is 5.91 Å². The molecule has 1 amide bonds. The molecule has 0 fully saturated rings. The summed E-state index contributed by atoms with van der Waals surface area (Å²) in [6.07, 6.45) is 1.98. The van der Waals surface area contributed by atoms with Crippen molar-refractivity contribution < 1.29 is 9.53 Å². The number of aryl methyl sites for hydroxylation is 2. The van der Waals surface area contributed by atoms with E-state index < -0.39 is 0 Å². The highest BCUT2D eigenvalue weighted by Crippen LogP contribution is 2.40. The van der Waals surface area contributed by atoms with Crippen molar-refractivity contribution in [2.45, 2.75) is 39.7 Å². The quantitative estimate of drug-likeness (QED) is 0.908. The van der Waals surface area contributed by atoms with Crippen molar-refractivity contribution in [2.75, 3.05) is 7.11 Å². The van der Waals surface area contributed by atoms with Gasteiger partial charge in [-0.1, -0.05) is 13.8 Å². The number of thiophene rings is 1. The monoisotopic (exact) mass is 329 g/mol. The predicted molar refractivity (Wildman–Crippen MR) is 95.5 cm³/mol. The molecule has 23 heavy (non-hydrogen) atoms. The van der Waals surface area contributed by atoms with Gasteiger partial charge in [-0.2, -0.15) is 0 Å². The molecule has 4 heteroatoms. The number of carbonyl (C=O) groups excluding carboxylic acids is 1. The maximum Gasteiger partial charge on any atom is 0.261 e. The Morgan fingerprint density at radius 2 is 1.91 bits per heavy atom. The van der Waals surface area contributed by atoms with Gasteiger partial charge in [-0.3, -0.25) is 4.79 Å². The van der Waals surface area contributed by atoms with Gasteiger partial charge >= 0.3 is 0 Å². The Morgan fingerprint density at radius 3 is 2.61 bits per heavy atom. The summed E-state index contributed by atoms with van der Waals surface area (Å²) in [7, 11) is 1.69. The lowest BCUT2D eigenvalue weighted by Crippen LogP contribution is -2.35. The molecular formula is C19H23NO2S. The standard InChI is InChI=1S/C19H23NO2S/c1-11(2)12(3)20-19(21)17-10-14-6-5-13-9-15(22-4)7-8-16(13)18(14)23-17/h7-12H,5-6H2,1-4H3,(H,20,21)/t12-/m0/s1. The Bertz CT molecular complexity index is 733. The predicted octanol–water partition coefficient (Wildman–Crippen LogP) is 4.30. The number of methoxy groups -OCH3 is 1. The molecule has 3 rings (SSSR count). The van der Waals surface area contributed by atoms with E-state index >= 15 is 0 Å². The SMILES string of the molecule is COc1ccc2c(c1)CCc1cc(C(=O)N[C@@H](C)C(C)C)sc1-2. The lowest BCUT2D eigenvalue weighted by Gasteiger charge is -2.16. The van der Waals surface area contributed by atoms with Crippen molar-refractivity contribution in [3.05, 3.63) is 40.3 Å². The molecule has 1 aromatic carbocycles. The molecule has 1 aliphatic carbocycles. The minimum Gasteiger partial charge on any atom is -0.497 e. The van der Waals surface area contributed by atoms with Crippen LogP contribution in [0.15, 0.2) is 24.3 Å². The molecule has 1 heterocycles. The summed E-state index contributed by atoms with van der Waals surface area (Å²) in [5, 5.41) is 3.10. The highest BCUT2D eigenvalue weighted by atomic mass is 32.1. The normalized spacial score (nSPS) is 14.1. The van der Waals surface area contributed by atoms with Crippen LogP contribution in [0.2, 0.25) is 0 Å². The van der Waals surface area contributed by atoms with E-state index in [0.717, 1.165) is 23.5 Å². The number of ether oxygens (including phenoxy) is 1. The lowest BCUT2D eigenvalue weighted by molar-refractivity contribution is 0.0934. The topological polar surface area (TPSA) is 38.3 Å². The molecule has 1 atom stereocenters. The number of carbonyl (C=O) groups is 1. The van der Waals surface area contributed by atoms with Crippen molar-refractivity contribution in [3.8, 4) is 16.2 Å². The van der Waals surface area contributed by atoms with Crippen LogP contribution < -0.4 is 10.1 Å². The number of amides is 1. The third-order valence-corrected chi connectivity index (χ3v) is 5.82. The molecule has 0 saturated carbocycles. The Morgan fingerprint density at radius 1 is 1.17 bits per heavy atom. The number of benzene rings is 1. The fraction of sp³-hybridized carbons (Fsp3) is 0.421. The van der Waals surface area contributed by atoms with Gasteiger partial charge < -0.3 is 10.1 Å². The highest BCUT2D eigenvalue weighted by molar-refractivity contribution is 7.17. The second-order valence-corrected chi connectivity index (χ2v) is 7.55. The number of rotatable bonds is 4. The van der Waals surface area contributed by atoms with Crippen LogP contribution in [-0.2, 0) is 12.8 Å². The largest absolute Gasteiger partial charge is 0.497 e. The summed E-state index contributed by atoms with van der Waals surface area (Å²) < 4.78 is 5.32. The molecule has 122 valence electrons. The zero-order chi connectivity index (χ0) is 16.6. The summed E-state index contributed by atoms with van der Waals surface area (Å²) in [6, 6.07) is 8.46. The van der Waals surface area contributed by atoms with Crippen LogP contribution in [-0.4, -0.2) is 19.1 Å². The highest BCUT2D eigenvalue weighted by Gasteiger charge is 2.23. The Hall–Kier alpha value is -1.81. The number of hydrogen-bond donors (Lipinski definition) is 1. The van der Waals surface area contributed by atoms with Crippen LogP contribution in [0.5, 0.6) is 5.75 Å². The molecule has 1 N–H and O–H groups in total. The minimum atomic E-state index is 0.0423. The number of nitrogens with one attached hydrogen (secondary N) is 1. The molecule has 0 bridgehead atoms. The Labute approximate surface area is 141 Å². The smallest absolute Gasteiger partial charge is 0.261 e. The maximum absolute atomic E-state index is 12.5. The van der Waals surface area contributed by atoms with Crippen LogP contribution >= 0.6 is 11.3 Å². The van der Waals surface area contributed by atoms with Gasteiger partial charge in [0.05, 0.1) is 12.0 Å². The van der Waals surface area contributed by atoms with Crippen LogP contribution in [0.25, 0.3) is 10.4 Å². The third kappa shape index (κ3) is 3.13. The molecular weight excluding hydrogens is 306 g/mol. The van der Waals surface area contributed by atoms with E-state index in [0.29, 0.717) is 5.92 Å². The second kappa shape index (κ2) is 6.36. The first-order valence-corrected chi connectivity index (χ1v) is 8.92. The van der Waals surface area contributed by atoms with Gasteiger partial charge in [-0.15, -0.1) is 11.3 Å². The van der Waals surface area contributed by atoms with E-state index in [-0.39, 0.29) is 11.9 Å². The third-order valence-electron chi connectivity index (χ3n) is 4.61. The molecule has 0 aliphatic heterocycles. The average molecular weight is 329 g/mol. The molecule has 0 saturated heterocycles. The zero-order valence-electron chi connectivity index (χ0n) is 14.1. The summed E-state index contributed by atoms with van der Waals surface area (Å²) in [4.78, 5) is 14.5. The van der Waals surface area contributed by atoms with Crippen LogP contribution in [0.4, 0.5) is 0 Å². The van der Waals surface area contributed by atoms with Crippen molar-refractivity contribution >= 4 is 17.2 Å². The fourth-order valence-corrected chi connectivity index (χ4v) is 3.97. The molecule has 1 aliphatic rings. The minimum absolute atomic E-state index is 0.0423. The van der Waals surface area contributed by atoms with Crippen LogP contribution in [0.1, 0.15) is 41.6 Å². The molecule has 1 aromatic heterocycles. The molecule has 2 aromatic rings. The fourth-order valence-electron chi connectivity index (χ4n) is 2.79. The summed E-state index contributed by atoms with van der Waals surface area (Å²) in [6.45, 7) is 6.29. The van der Waals surface area contributed by atoms with Gasteiger partial charge in [-0.25, -0.2) is 0 Å². The van der Waals surface area contributed by atoms with Gasteiger partial charge in [-0.05, 0) is 66.6 Å². The van der Waals surface area contributed by atoms with Crippen LogP contribution in [0, 0.1) is 5.92 Å². The molecule has 0 spiro atoms. The molecule has 0 unspecified atom stereocenters. The average Bonchev–Trinajstić information content (AvgIpc) is 2.98. The van der Waals surface area contributed by atoms with E-state index in [4.69, 9.17) is 4.74 Å². The van der Waals surface area contributed by atoms with E-state index in [1.54, 1.807) is 18.4 Å². The van der Waals surface area contributed by atoms with Crippen molar-refractivity contribution in [2.24, 2.45) is 5.92 Å². The molecule has 3 nitrogen and oxygen atoms in total. The first-order chi connectivity index (χ1) is 11.0. The zero-order valence-corrected chi connectivity index (χ0v) is 14.9. The van der Waals surface area contributed by atoms with E-state index in [2.05, 4.69) is 44.3 Å². The Balaban J connectivity index is 1.89. The first-order valence-electron chi connectivity index (χ1n) is 8.10. The van der Waals surface area contributed by atoms with Gasteiger partial charge in [0.15, 0.2) is 0 Å². The maximum atomic E-state index is 12.5. The molecule has 0 radical (unpaired) electrons. The van der Waals surface area contributed by atoms with Gasteiger partial charge in [0.2, 0.25) is 0 Å². The number of hydrogen-bond acceptors (Lipinski definition) is 3. The second-order valence-electron chi connectivity index (χ2n) is 6.49. The van der Waals surface area contributed by atoms with E-state index in [1.807, 2.05) is 6.07 Å². The van der Waals surface area contributed by atoms with Gasteiger partial charge in [0, 0.05) is 10.9 Å². The summed E-state index contributed by atoms with van der Waals surface area (Å²) in [5.41, 5.74) is 3.84. The van der Waals surface area contributed by atoms with E-state index in [9.17, 15) is 4.79 Å². The van der Waals surface area contributed by atoms with Crippen molar-refractivity contribution in [1.82, 2.24) is 5.32 Å². The summed E-state index contributed by atoms with van der Waals surface area (Å²) >= 11 is 1.60. The van der Waals surface area contributed by atoms with E-state index in [1.165, 1.54) is 21.6 Å². The van der Waals surface area contributed by atoms with Crippen molar-refractivity contribution in [1.29, 1.82) is 0 Å². The van der Waals surface area contributed by atoms with Gasteiger partial charge in [0.1, 0.15) is 5.75 Å². The summed E-state index contributed by atoms with van der Waals surface area (Å²) in [5.74, 6) is 1.37. The first kappa shape index (κ1) is 16.1. The number of fused-ring (bicyclic) bond motifs is 3.